The topological polar surface area (TPSA) is 68.9 Å². The number of nitrogens with zero attached hydrogens (tertiary/aromatic N) is 3. The van der Waals surface area contributed by atoms with Gasteiger partial charge < -0.3 is 19.5 Å². The quantitative estimate of drug-likeness (QED) is 0.878. The Hall–Kier alpha value is -2.38. The van der Waals surface area contributed by atoms with Crippen LogP contribution >= 0.6 is 0 Å². The molecule has 0 atom stereocenters. The highest BCUT2D eigenvalue weighted by molar-refractivity contribution is 5.98. The van der Waals surface area contributed by atoms with Gasteiger partial charge in [-0.25, -0.2) is 0 Å². The molecule has 1 aromatic carbocycles. The van der Waals surface area contributed by atoms with E-state index in [1.165, 1.54) is 0 Å². The molecule has 0 saturated carbocycles. The van der Waals surface area contributed by atoms with Crippen LogP contribution in [-0.2, 0) is 9.53 Å². The Bertz CT molecular complexity index is 833. The number of ether oxygens (including phenoxy) is 1. The fourth-order valence-electron chi connectivity index (χ4n) is 3.74. The molecule has 2 aromatic rings. The summed E-state index contributed by atoms with van der Waals surface area (Å²) < 4.78 is 5.32. The molecule has 1 aromatic heterocycles. The number of fused-ring (bicyclic) bond motifs is 1. The van der Waals surface area contributed by atoms with Crippen molar-refractivity contribution in [3.63, 3.8) is 0 Å². The maximum absolute atomic E-state index is 12.8. The number of hydrogen-bond donors (Lipinski definition) is 1. The zero-order chi connectivity index (χ0) is 18.8. The number of carbonyl (C=O) groups is 2. The largest absolute Gasteiger partial charge is 0.379 e. The molecule has 2 fully saturated rings. The molecular formula is C20H26N4O3. The number of H-pyrrole nitrogens is 1. The molecule has 7 heteroatoms. The van der Waals surface area contributed by atoms with Gasteiger partial charge in [-0.15, -0.1) is 0 Å². The number of morpholine rings is 1. The van der Waals surface area contributed by atoms with Crippen LogP contribution in [0.1, 0.15) is 16.1 Å². The van der Waals surface area contributed by atoms with E-state index in [0.717, 1.165) is 29.6 Å². The van der Waals surface area contributed by atoms with E-state index < -0.39 is 0 Å². The molecule has 0 spiro atoms. The summed E-state index contributed by atoms with van der Waals surface area (Å²) in [5.74, 6) is 0.147. The fraction of sp³-hybridized carbons (Fsp3) is 0.500. The van der Waals surface area contributed by atoms with Gasteiger partial charge >= 0.3 is 0 Å². The van der Waals surface area contributed by atoms with Crippen LogP contribution in [0.25, 0.3) is 10.9 Å². The standard InChI is InChI=1S/C20H26N4O3/c1-15-2-3-16-13-18(21-17(16)12-15)20(26)24-6-4-23(5-7-24)19(25)14-22-8-10-27-11-9-22/h2-3,12-13,21H,4-11,14H2,1H3. The Morgan fingerprint density at radius 3 is 2.44 bits per heavy atom. The first-order valence-corrected chi connectivity index (χ1v) is 9.57. The van der Waals surface area contributed by atoms with Crippen molar-refractivity contribution in [2.45, 2.75) is 6.92 Å². The van der Waals surface area contributed by atoms with E-state index in [1.54, 1.807) is 0 Å². The molecule has 0 radical (unpaired) electrons. The molecular weight excluding hydrogens is 344 g/mol. The van der Waals surface area contributed by atoms with Crippen molar-refractivity contribution in [1.29, 1.82) is 0 Å². The summed E-state index contributed by atoms with van der Waals surface area (Å²) in [6, 6.07) is 8.03. The molecule has 27 heavy (non-hydrogen) atoms. The second-order valence-corrected chi connectivity index (χ2v) is 7.34. The van der Waals surface area contributed by atoms with E-state index >= 15 is 0 Å². The smallest absolute Gasteiger partial charge is 0.270 e. The van der Waals surface area contributed by atoms with Gasteiger partial charge in [-0.05, 0) is 24.6 Å². The van der Waals surface area contributed by atoms with Crippen molar-refractivity contribution in [2.75, 3.05) is 59.0 Å². The van der Waals surface area contributed by atoms with Crippen LogP contribution in [0.4, 0.5) is 0 Å². The maximum Gasteiger partial charge on any atom is 0.270 e. The molecule has 2 aliphatic heterocycles. The van der Waals surface area contributed by atoms with Crippen molar-refractivity contribution in [3.05, 3.63) is 35.5 Å². The SMILES string of the molecule is Cc1ccc2cc(C(=O)N3CCN(C(=O)CN4CCOCC4)CC3)[nH]c2c1. The number of benzene rings is 1. The molecule has 2 saturated heterocycles. The number of carbonyl (C=O) groups excluding carboxylic acids is 2. The van der Waals surface area contributed by atoms with Crippen LogP contribution in [0.3, 0.4) is 0 Å². The van der Waals surface area contributed by atoms with Gasteiger partial charge in [-0.1, -0.05) is 12.1 Å². The Morgan fingerprint density at radius 1 is 1.00 bits per heavy atom. The highest BCUT2D eigenvalue weighted by atomic mass is 16.5. The normalized spacial score (nSPS) is 18.9. The first-order chi connectivity index (χ1) is 13.1. The summed E-state index contributed by atoms with van der Waals surface area (Å²) in [5, 5.41) is 1.04. The molecule has 0 bridgehead atoms. The molecule has 7 nitrogen and oxygen atoms in total. The molecule has 144 valence electrons. The van der Waals surface area contributed by atoms with E-state index in [1.807, 2.05) is 41.0 Å². The van der Waals surface area contributed by atoms with Crippen LogP contribution < -0.4 is 0 Å². The second kappa shape index (κ2) is 7.70. The summed E-state index contributed by atoms with van der Waals surface area (Å²) >= 11 is 0. The summed E-state index contributed by atoms with van der Waals surface area (Å²) in [6.45, 7) is 7.81. The van der Waals surface area contributed by atoms with E-state index in [4.69, 9.17) is 4.74 Å². The van der Waals surface area contributed by atoms with Gasteiger partial charge in [0.05, 0.1) is 19.8 Å². The van der Waals surface area contributed by atoms with Gasteiger partial charge in [0, 0.05) is 50.2 Å². The molecule has 0 unspecified atom stereocenters. The Kier molecular flexibility index (Phi) is 5.13. The van der Waals surface area contributed by atoms with Crippen molar-refractivity contribution in [3.8, 4) is 0 Å². The van der Waals surface area contributed by atoms with E-state index in [-0.39, 0.29) is 11.8 Å². The highest BCUT2D eigenvalue weighted by Crippen LogP contribution is 2.18. The van der Waals surface area contributed by atoms with E-state index in [2.05, 4.69) is 9.88 Å². The molecule has 2 amide bonds. The number of hydrogen-bond acceptors (Lipinski definition) is 4. The van der Waals surface area contributed by atoms with Crippen molar-refractivity contribution in [2.24, 2.45) is 0 Å². The van der Waals surface area contributed by atoms with Crippen molar-refractivity contribution < 1.29 is 14.3 Å². The Morgan fingerprint density at radius 2 is 1.70 bits per heavy atom. The number of rotatable bonds is 3. The predicted octanol–water partition coefficient (Wildman–Crippen LogP) is 1.09. The summed E-state index contributed by atoms with van der Waals surface area (Å²) in [6.07, 6.45) is 0. The number of aromatic amines is 1. The lowest BCUT2D eigenvalue weighted by molar-refractivity contribution is -0.134. The lowest BCUT2D eigenvalue weighted by Gasteiger charge is -2.36. The maximum atomic E-state index is 12.8. The molecule has 2 aliphatic rings. The number of aromatic nitrogens is 1. The first kappa shape index (κ1) is 18.0. The minimum absolute atomic E-state index is 0.00383. The zero-order valence-corrected chi connectivity index (χ0v) is 15.7. The van der Waals surface area contributed by atoms with Crippen LogP contribution in [0.5, 0.6) is 0 Å². The van der Waals surface area contributed by atoms with Gasteiger partial charge in [-0.3, -0.25) is 14.5 Å². The fourth-order valence-corrected chi connectivity index (χ4v) is 3.74. The number of nitrogens with one attached hydrogen (secondary N) is 1. The third-order valence-corrected chi connectivity index (χ3v) is 5.39. The van der Waals surface area contributed by atoms with Crippen LogP contribution in [0, 0.1) is 6.92 Å². The lowest BCUT2D eigenvalue weighted by Crippen LogP contribution is -2.53. The number of piperazine rings is 1. The Balaban J connectivity index is 1.33. The average molecular weight is 370 g/mol. The van der Waals surface area contributed by atoms with Crippen molar-refractivity contribution >= 4 is 22.7 Å². The zero-order valence-electron chi connectivity index (χ0n) is 15.7. The summed E-state index contributed by atoms with van der Waals surface area (Å²) in [4.78, 5) is 34.4. The van der Waals surface area contributed by atoms with Crippen molar-refractivity contribution in [1.82, 2.24) is 19.7 Å². The molecule has 0 aliphatic carbocycles. The minimum atomic E-state index is 0.00383. The first-order valence-electron chi connectivity index (χ1n) is 9.57. The van der Waals surface area contributed by atoms with E-state index in [9.17, 15) is 9.59 Å². The molecule has 3 heterocycles. The average Bonchev–Trinajstić information content (AvgIpc) is 3.11. The van der Waals surface area contributed by atoms with Gasteiger partial charge in [0.15, 0.2) is 0 Å². The monoisotopic (exact) mass is 370 g/mol. The van der Waals surface area contributed by atoms with Gasteiger partial charge in [0.1, 0.15) is 5.69 Å². The number of aryl methyl sites for hydroxylation is 1. The highest BCUT2D eigenvalue weighted by Gasteiger charge is 2.26. The van der Waals surface area contributed by atoms with Crippen LogP contribution in [0.2, 0.25) is 0 Å². The Labute approximate surface area is 158 Å². The second-order valence-electron chi connectivity index (χ2n) is 7.34. The van der Waals surface area contributed by atoms with Gasteiger partial charge in [0.25, 0.3) is 5.91 Å². The van der Waals surface area contributed by atoms with Gasteiger partial charge in [-0.2, -0.15) is 0 Å². The molecule has 1 N–H and O–H groups in total. The lowest BCUT2D eigenvalue weighted by atomic mass is 10.2. The third kappa shape index (κ3) is 3.99. The van der Waals surface area contributed by atoms with E-state index in [0.29, 0.717) is 51.6 Å². The number of amides is 2. The predicted molar refractivity (Wildman–Crippen MR) is 103 cm³/mol. The van der Waals surface area contributed by atoms with Crippen LogP contribution in [0.15, 0.2) is 24.3 Å². The third-order valence-electron chi connectivity index (χ3n) is 5.39. The summed E-state index contributed by atoms with van der Waals surface area (Å²) in [7, 11) is 0. The summed E-state index contributed by atoms with van der Waals surface area (Å²) in [5.41, 5.74) is 2.76. The van der Waals surface area contributed by atoms with Gasteiger partial charge in [0.2, 0.25) is 5.91 Å². The van der Waals surface area contributed by atoms with Crippen LogP contribution in [-0.4, -0.2) is 90.5 Å². The molecule has 4 rings (SSSR count). The minimum Gasteiger partial charge on any atom is -0.379 e.